The zero-order valence-electron chi connectivity index (χ0n) is 19.1. The molecule has 33 heavy (non-hydrogen) atoms. The molecule has 0 aliphatic carbocycles. The Balaban J connectivity index is 1.47. The summed E-state index contributed by atoms with van der Waals surface area (Å²) in [5.41, 5.74) is 3.85. The molecule has 1 amide bonds. The molecule has 0 saturated heterocycles. The average molecular weight is 466 g/mol. The third-order valence-corrected chi connectivity index (χ3v) is 6.23. The van der Waals surface area contributed by atoms with Gasteiger partial charge < -0.3 is 23.8 Å². The summed E-state index contributed by atoms with van der Waals surface area (Å²) in [5, 5.41) is 3.12. The molecule has 1 aromatic carbocycles. The van der Waals surface area contributed by atoms with E-state index in [4.69, 9.17) is 9.47 Å². The number of rotatable bonds is 9. The fourth-order valence-corrected chi connectivity index (χ4v) is 4.34. The number of aryl methyl sites for hydroxylation is 2. The fourth-order valence-electron chi connectivity index (χ4n) is 3.62. The summed E-state index contributed by atoms with van der Waals surface area (Å²) in [7, 11) is 5.10. The minimum Gasteiger partial charge on any atom is -0.497 e. The summed E-state index contributed by atoms with van der Waals surface area (Å²) < 4.78 is 14.7. The molecule has 172 valence electrons. The highest BCUT2D eigenvalue weighted by molar-refractivity contribution is 7.99. The number of methoxy groups -OCH3 is 2. The van der Waals surface area contributed by atoms with Gasteiger partial charge in [0.2, 0.25) is 5.91 Å². The van der Waals surface area contributed by atoms with Gasteiger partial charge in [-0.25, -0.2) is 9.97 Å². The number of amides is 1. The number of thioether (sulfide) groups is 1. The lowest BCUT2D eigenvalue weighted by Gasteiger charge is -2.20. The number of hydrogen-bond donors (Lipinski definition) is 1. The van der Waals surface area contributed by atoms with Crippen LogP contribution in [0.15, 0.2) is 55.1 Å². The molecule has 0 aliphatic rings. The molecule has 0 aliphatic heterocycles. The van der Waals surface area contributed by atoms with Gasteiger partial charge >= 0.3 is 0 Å². The Hall–Kier alpha value is -3.46. The summed E-state index contributed by atoms with van der Waals surface area (Å²) in [6, 6.07) is 9.16. The van der Waals surface area contributed by atoms with Gasteiger partial charge in [0.15, 0.2) is 0 Å². The predicted octanol–water partition coefficient (Wildman–Crippen LogP) is 3.53. The molecule has 3 aromatic heterocycles. The van der Waals surface area contributed by atoms with Crippen molar-refractivity contribution >= 4 is 23.3 Å². The molecule has 0 saturated carbocycles. The Labute approximate surface area is 197 Å². The molecule has 0 spiro atoms. The Morgan fingerprint density at radius 1 is 1.15 bits per heavy atom. The van der Waals surface area contributed by atoms with Gasteiger partial charge in [-0.1, -0.05) is 6.07 Å². The zero-order valence-corrected chi connectivity index (χ0v) is 19.9. The summed E-state index contributed by atoms with van der Waals surface area (Å²) in [6.07, 6.45) is 7.62. The van der Waals surface area contributed by atoms with Crippen molar-refractivity contribution < 1.29 is 14.3 Å². The Morgan fingerprint density at radius 2 is 1.91 bits per heavy atom. The van der Waals surface area contributed by atoms with E-state index < -0.39 is 6.04 Å². The van der Waals surface area contributed by atoms with Crippen molar-refractivity contribution in [2.45, 2.75) is 18.7 Å². The molecule has 1 atom stereocenters. The Morgan fingerprint density at radius 3 is 2.58 bits per heavy atom. The molecule has 8 nitrogen and oxygen atoms in total. The molecule has 9 heteroatoms. The van der Waals surface area contributed by atoms with Crippen LogP contribution in [0.4, 0.5) is 0 Å². The summed E-state index contributed by atoms with van der Waals surface area (Å²) >= 11 is 1.52. The van der Waals surface area contributed by atoms with Crippen LogP contribution in [0.25, 0.3) is 5.65 Å². The van der Waals surface area contributed by atoms with Crippen LogP contribution >= 0.6 is 11.8 Å². The summed E-state index contributed by atoms with van der Waals surface area (Å²) in [6.45, 7) is 2.05. The number of imidazole rings is 2. The largest absolute Gasteiger partial charge is 0.497 e. The number of carbonyl (C=O) groups is 1. The van der Waals surface area contributed by atoms with Gasteiger partial charge in [0, 0.05) is 43.7 Å². The van der Waals surface area contributed by atoms with Crippen molar-refractivity contribution in [1.29, 1.82) is 0 Å². The highest BCUT2D eigenvalue weighted by atomic mass is 32.2. The smallest absolute Gasteiger partial charge is 0.230 e. The van der Waals surface area contributed by atoms with E-state index in [1.54, 1.807) is 26.5 Å². The van der Waals surface area contributed by atoms with E-state index in [-0.39, 0.29) is 5.91 Å². The first-order valence-electron chi connectivity index (χ1n) is 10.5. The number of nitrogens with zero attached hydrogens (tertiary/aromatic N) is 4. The third-order valence-electron chi connectivity index (χ3n) is 5.26. The van der Waals surface area contributed by atoms with E-state index in [1.807, 2.05) is 65.8 Å². The monoisotopic (exact) mass is 465 g/mol. The number of benzene rings is 1. The topological polar surface area (TPSA) is 82.7 Å². The normalized spacial score (nSPS) is 12.0. The van der Waals surface area contributed by atoms with Crippen molar-refractivity contribution in [1.82, 2.24) is 24.3 Å². The van der Waals surface area contributed by atoms with Crippen LogP contribution in [-0.2, 0) is 17.6 Å². The summed E-state index contributed by atoms with van der Waals surface area (Å²) in [4.78, 5) is 22.0. The highest BCUT2D eigenvalue weighted by Gasteiger charge is 2.22. The molecular formula is C24H27N5O3S. The van der Waals surface area contributed by atoms with E-state index in [0.29, 0.717) is 23.0 Å². The number of carbonyl (C=O) groups excluding carboxylic acids is 1. The lowest BCUT2D eigenvalue weighted by molar-refractivity contribution is -0.119. The maximum absolute atomic E-state index is 12.9. The Kier molecular flexibility index (Phi) is 6.88. The van der Waals surface area contributed by atoms with Crippen molar-refractivity contribution in [2.75, 3.05) is 20.0 Å². The zero-order chi connectivity index (χ0) is 23.4. The van der Waals surface area contributed by atoms with Crippen molar-refractivity contribution in [3.63, 3.8) is 0 Å². The molecule has 0 bridgehead atoms. The van der Waals surface area contributed by atoms with Crippen LogP contribution in [0.5, 0.6) is 11.5 Å². The summed E-state index contributed by atoms with van der Waals surface area (Å²) in [5.74, 6) is 2.88. The fraction of sp³-hybridized carbons (Fsp3) is 0.292. The lowest BCUT2D eigenvalue weighted by atomic mass is 10.0. The van der Waals surface area contributed by atoms with E-state index in [1.165, 1.54) is 17.3 Å². The molecule has 0 radical (unpaired) electrons. The second-order valence-electron chi connectivity index (χ2n) is 7.74. The van der Waals surface area contributed by atoms with Gasteiger partial charge in [-0.05, 0) is 36.2 Å². The van der Waals surface area contributed by atoms with E-state index in [0.717, 1.165) is 22.7 Å². The van der Waals surface area contributed by atoms with Gasteiger partial charge in [-0.15, -0.1) is 11.8 Å². The quantitative estimate of drug-likeness (QED) is 0.407. The number of pyridine rings is 1. The standard InChI is InChI=1S/C24H27N5O3S/c1-16-5-6-21-26-18(13-29(21)12-16)14-33-15-22(30)27-23(24-25-7-8-28(24)2)17-9-19(31-3)11-20(10-17)32-4/h5-13,23H,14-15H2,1-4H3,(H,27,30)/t23-/m0/s1. The highest BCUT2D eigenvalue weighted by Crippen LogP contribution is 2.29. The number of nitrogens with one attached hydrogen (secondary N) is 1. The molecule has 3 heterocycles. The van der Waals surface area contributed by atoms with Crippen LogP contribution in [0.3, 0.4) is 0 Å². The maximum atomic E-state index is 12.9. The molecule has 1 N–H and O–H groups in total. The van der Waals surface area contributed by atoms with Crippen LogP contribution in [0, 0.1) is 6.92 Å². The maximum Gasteiger partial charge on any atom is 0.230 e. The first-order chi connectivity index (χ1) is 16.0. The second-order valence-corrected chi connectivity index (χ2v) is 8.73. The number of aromatic nitrogens is 4. The van der Waals surface area contributed by atoms with Crippen LogP contribution < -0.4 is 14.8 Å². The van der Waals surface area contributed by atoms with E-state index >= 15 is 0 Å². The van der Waals surface area contributed by atoms with Gasteiger partial charge in [0.1, 0.15) is 29.0 Å². The van der Waals surface area contributed by atoms with E-state index in [9.17, 15) is 4.79 Å². The first-order valence-corrected chi connectivity index (χ1v) is 11.6. The molecule has 0 fully saturated rings. The van der Waals surface area contributed by atoms with Gasteiger partial charge in [0.05, 0.1) is 25.7 Å². The van der Waals surface area contributed by atoms with Crippen molar-refractivity contribution in [2.24, 2.45) is 7.05 Å². The molecule has 4 rings (SSSR count). The predicted molar refractivity (Wildman–Crippen MR) is 129 cm³/mol. The molecule has 4 aromatic rings. The van der Waals surface area contributed by atoms with Crippen molar-refractivity contribution in [3.8, 4) is 11.5 Å². The van der Waals surface area contributed by atoms with Gasteiger partial charge in [-0.2, -0.15) is 0 Å². The average Bonchev–Trinajstić information content (AvgIpc) is 3.42. The van der Waals surface area contributed by atoms with Crippen molar-refractivity contribution in [3.05, 3.63) is 77.8 Å². The molecular weight excluding hydrogens is 438 g/mol. The van der Waals surface area contributed by atoms with Crippen LogP contribution in [-0.4, -0.2) is 44.8 Å². The van der Waals surface area contributed by atoms with Crippen LogP contribution in [0.1, 0.15) is 28.7 Å². The minimum absolute atomic E-state index is 0.0885. The van der Waals surface area contributed by atoms with Crippen LogP contribution in [0.2, 0.25) is 0 Å². The van der Waals surface area contributed by atoms with Gasteiger partial charge in [0.25, 0.3) is 0 Å². The first kappa shape index (κ1) is 22.7. The third kappa shape index (κ3) is 5.31. The van der Waals surface area contributed by atoms with Gasteiger partial charge in [-0.3, -0.25) is 4.79 Å². The number of ether oxygens (including phenoxy) is 2. The second kappa shape index (κ2) is 9.99. The lowest BCUT2D eigenvalue weighted by Crippen LogP contribution is -2.32. The minimum atomic E-state index is -0.444. The number of hydrogen-bond acceptors (Lipinski definition) is 6. The van der Waals surface area contributed by atoms with E-state index in [2.05, 4.69) is 15.3 Å². The molecule has 0 unspecified atom stereocenters. The SMILES string of the molecule is COc1cc(OC)cc([C@H](NC(=O)CSCc2cn3cc(C)ccc3n2)c2nccn2C)c1. The number of fused-ring (bicyclic) bond motifs is 1. The Bertz CT molecular complexity index is 1240.